The maximum Gasteiger partial charge on any atom is 0.0862 e. The largest absolute Gasteiger partial charge is 0.388 e. The summed E-state index contributed by atoms with van der Waals surface area (Å²) in [6, 6.07) is 7.83. The van der Waals surface area contributed by atoms with E-state index in [0.717, 1.165) is 34.0 Å². The Morgan fingerprint density at radius 3 is 3.06 bits per heavy atom. The van der Waals surface area contributed by atoms with Crippen LogP contribution in [0.1, 0.15) is 18.1 Å². The first kappa shape index (κ1) is 12.1. The van der Waals surface area contributed by atoms with E-state index in [0.29, 0.717) is 6.61 Å². The highest BCUT2D eigenvalue weighted by atomic mass is 79.9. The quantitative estimate of drug-likeness (QED) is 0.927. The van der Waals surface area contributed by atoms with Crippen molar-refractivity contribution in [1.29, 1.82) is 0 Å². The molecule has 18 heavy (non-hydrogen) atoms. The van der Waals surface area contributed by atoms with Crippen molar-refractivity contribution in [2.45, 2.75) is 12.5 Å². The molecule has 0 bridgehead atoms. The van der Waals surface area contributed by atoms with Gasteiger partial charge in [-0.15, -0.1) is 0 Å². The molecule has 1 saturated heterocycles. The highest BCUT2D eigenvalue weighted by Crippen LogP contribution is 2.34. The zero-order valence-electron chi connectivity index (χ0n) is 9.84. The Hall–Kier alpha value is -0.970. The van der Waals surface area contributed by atoms with Gasteiger partial charge in [-0.3, -0.25) is 4.98 Å². The summed E-state index contributed by atoms with van der Waals surface area (Å²) < 4.78 is 6.35. The van der Waals surface area contributed by atoms with Crippen LogP contribution in [0.4, 0.5) is 0 Å². The number of ether oxygens (including phenoxy) is 1. The molecule has 94 valence electrons. The molecule has 0 radical (unpaired) electrons. The first-order valence-corrected chi connectivity index (χ1v) is 6.85. The molecule has 0 spiro atoms. The van der Waals surface area contributed by atoms with Crippen LogP contribution in [0.25, 0.3) is 10.9 Å². The van der Waals surface area contributed by atoms with Crippen LogP contribution in [0.5, 0.6) is 0 Å². The lowest BCUT2D eigenvalue weighted by Crippen LogP contribution is -2.13. The van der Waals surface area contributed by atoms with Crippen molar-refractivity contribution in [3.8, 4) is 0 Å². The predicted molar refractivity (Wildman–Crippen MR) is 73.3 cm³/mol. The van der Waals surface area contributed by atoms with Gasteiger partial charge in [-0.2, -0.15) is 0 Å². The summed E-state index contributed by atoms with van der Waals surface area (Å²) in [5, 5.41) is 11.5. The summed E-state index contributed by atoms with van der Waals surface area (Å²) in [6.45, 7) is 1.37. The Morgan fingerprint density at radius 1 is 1.39 bits per heavy atom. The fourth-order valence-electron chi connectivity index (χ4n) is 2.45. The third-order valence-corrected chi connectivity index (χ3v) is 4.17. The van der Waals surface area contributed by atoms with Gasteiger partial charge in [0.15, 0.2) is 0 Å². The predicted octanol–water partition coefficient (Wildman–Crippen LogP) is 3.07. The second kappa shape index (κ2) is 4.96. The summed E-state index contributed by atoms with van der Waals surface area (Å²) in [5.41, 5.74) is 1.76. The molecule has 1 fully saturated rings. The second-order valence-corrected chi connectivity index (χ2v) is 5.46. The van der Waals surface area contributed by atoms with Crippen molar-refractivity contribution in [3.63, 3.8) is 0 Å². The van der Waals surface area contributed by atoms with Gasteiger partial charge in [-0.1, -0.05) is 28.1 Å². The SMILES string of the molecule is OC(c1ccc(Br)c2cccnc12)C1CCOC1. The lowest BCUT2D eigenvalue weighted by molar-refractivity contribution is 0.0927. The van der Waals surface area contributed by atoms with E-state index < -0.39 is 6.10 Å². The monoisotopic (exact) mass is 307 g/mol. The van der Waals surface area contributed by atoms with Crippen molar-refractivity contribution < 1.29 is 9.84 Å². The molecular formula is C14H14BrNO2. The highest BCUT2D eigenvalue weighted by Gasteiger charge is 2.27. The molecule has 1 aliphatic heterocycles. The van der Waals surface area contributed by atoms with Crippen LogP contribution in [0, 0.1) is 5.92 Å². The van der Waals surface area contributed by atoms with Crippen molar-refractivity contribution in [1.82, 2.24) is 4.98 Å². The number of fused-ring (bicyclic) bond motifs is 1. The first-order chi connectivity index (χ1) is 8.77. The van der Waals surface area contributed by atoms with Gasteiger partial charge in [0.2, 0.25) is 0 Å². The van der Waals surface area contributed by atoms with Gasteiger partial charge in [0.05, 0.1) is 18.2 Å². The molecule has 2 heterocycles. The van der Waals surface area contributed by atoms with Crippen LogP contribution >= 0.6 is 15.9 Å². The molecule has 0 amide bonds. The Morgan fingerprint density at radius 2 is 2.28 bits per heavy atom. The topological polar surface area (TPSA) is 42.4 Å². The number of benzene rings is 1. The van der Waals surface area contributed by atoms with Gasteiger partial charge in [-0.05, 0) is 18.6 Å². The van der Waals surface area contributed by atoms with E-state index in [1.807, 2.05) is 24.3 Å². The molecular weight excluding hydrogens is 294 g/mol. The van der Waals surface area contributed by atoms with Crippen LogP contribution in [0.15, 0.2) is 34.9 Å². The van der Waals surface area contributed by atoms with E-state index in [1.165, 1.54) is 0 Å². The van der Waals surface area contributed by atoms with Crippen LogP contribution < -0.4 is 0 Å². The average Bonchev–Trinajstić information content (AvgIpc) is 2.93. The third kappa shape index (κ3) is 2.05. The number of aromatic nitrogens is 1. The minimum Gasteiger partial charge on any atom is -0.388 e. The van der Waals surface area contributed by atoms with E-state index in [9.17, 15) is 5.11 Å². The molecule has 2 unspecified atom stereocenters. The van der Waals surface area contributed by atoms with Crippen LogP contribution in [0.2, 0.25) is 0 Å². The Labute approximate surface area is 114 Å². The van der Waals surface area contributed by atoms with Crippen molar-refractivity contribution in [3.05, 3.63) is 40.5 Å². The third-order valence-electron chi connectivity index (χ3n) is 3.48. The molecule has 1 aromatic heterocycles. The van der Waals surface area contributed by atoms with Crippen LogP contribution in [0.3, 0.4) is 0 Å². The number of halogens is 1. The number of hydrogen-bond donors (Lipinski definition) is 1. The lowest BCUT2D eigenvalue weighted by Gasteiger charge is -2.18. The molecule has 2 atom stereocenters. The average molecular weight is 308 g/mol. The van der Waals surface area contributed by atoms with Gasteiger partial charge in [0.1, 0.15) is 0 Å². The highest BCUT2D eigenvalue weighted by molar-refractivity contribution is 9.10. The number of aliphatic hydroxyl groups excluding tert-OH is 1. The maximum atomic E-state index is 10.5. The first-order valence-electron chi connectivity index (χ1n) is 6.06. The molecule has 3 nitrogen and oxygen atoms in total. The van der Waals surface area contributed by atoms with Crippen molar-refractivity contribution in [2.24, 2.45) is 5.92 Å². The summed E-state index contributed by atoms with van der Waals surface area (Å²) in [6.07, 6.45) is 2.17. The van der Waals surface area contributed by atoms with E-state index in [4.69, 9.17) is 4.74 Å². The Bertz CT molecular complexity index is 567. The number of aliphatic hydroxyl groups is 1. The van der Waals surface area contributed by atoms with E-state index in [-0.39, 0.29) is 5.92 Å². The summed E-state index contributed by atoms with van der Waals surface area (Å²) >= 11 is 3.52. The lowest BCUT2D eigenvalue weighted by atomic mass is 9.93. The minimum atomic E-state index is -0.502. The Balaban J connectivity index is 2.08. The standard InChI is InChI=1S/C14H14BrNO2/c15-12-4-3-11(13-10(12)2-1-6-16-13)14(17)9-5-7-18-8-9/h1-4,6,9,14,17H,5,7-8H2. The fraction of sp³-hybridized carbons (Fsp3) is 0.357. The maximum absolute atomic E-state index is 10.5. The summed E-state index contributed by atoms with van der Waals surface area (Å²) in [4.78, 5) is 4.40. The Kier molecular flexibility index (Phi) is 3.33. The zero-order chi connectivity index (χ0) is 12.5. The number of rotatable bonds is 2. The molecule has 0 aliphatic carbocycles. The summed E-state index contributed by atoms with van der Waals surface area (Å²) in [7, 11) is 0. The minimum absolute atomic E-state index is 0.177. The number of nitrogens with zero attached hydrogens (tertiary/aromatic N) is 1. The molecule has 1 aliphatic rings. The van der Waals surface area contributed by atoms with Crippen molar-refractivity contribution in [2.75, 3.05) is 13.2 Å². The van der Waals surface area contributed by atoms with Gasteiger partial charge >= 0.3 is 0 Å². The molecule has 2 aromatic rings. The second-order valence-electron chi connectivity index (χ2n) is 4.60. The van der Waals surface area contributed by atoms with Crippen LogP contribution in [-0.2, 0) is 4.74 Å². The zero-order valence-corrected chi connectivity index (χ0v) is 11.4. The van der Waals surface area contributed by atoms with E-state index >= 15 is 0 Å². The van der Waals surface area contributed by atoms with Crippen LogP contribution in [-0.4, -0.2) is 23.3 Å². The number of pyridine rings is 1. The molecule has 4 heteroatoms. The molecule has 0 saturated carbocycles. The van der Waals surface area contributed by atoms with Gasteiger partial charge in [-0.25, -0.2) is 0 Å². The molecule has 3 rings (SSSR count). The molecule has 1 aromatic carbocycles. The van der Waals surface area contributed by atoms with Gasteiger partial charge in [0.25, 0.3) is 0 Å². The number of hydrogen-bond acceptors (Lipinski definition) is 3. The fourth-order valence-corrected chi connectivity index (χ4v) is 2.91. The van der Waals surface area contributed by atoms with Gasteiger partial charge in [0, 0.05) is 34.1 Å². The van der Waals surface area contributed by atoms with Gasteiger partial charge < -0.3 is 9.84 Å². The normalized spacial score (nSPS) is 21.3. The summed E-state index contributed by atoms with van der Waals surface area (Å²) in [5.74, 6) is 0.177. The smallest absolute Gasteiger partial charge is 0.0862 e. The van der Waals surface area contributed by atoms with E-state index in [2.05, 4.69) is 20.9 Å². The molecule has 1 N–H and O–H groups in total. The van der Waals surface area contributed by atoms with E-state index in [1.54, 1.807) is 6.20 Å². The van der Waals surface area contributed by atoms with Crippen molar-refractivity contribution >= 4 is 26.8 Å².